The van der Waals surface area contributed by atoms with Crippen LogP contribution in [0.3, 0.4) is 0 Å². The fourth-order valence-electron chi connectivity index (χ4n) is 4.91. The van der Waals surface area contributed by atoms with E-state index in [1.807, 2.05) is 4.57 Å². The summed E-state index contributed by atoms with van der Waals surface area (Å²) in [5.74, 6) is 2.54. The molecule has 4 atom stereocenters. The van der Waals surface area contributed by atoms with Gasteiger partial charge < -0.3 is 9.88 Å². The van der Waals surface area contributed by atoms with E-state index in [0.717, 1.165) is 22.9 Å². The number of amides is 1. The number of benzene rings is 1. The van der Waals surface area contributed by atoms with Crippen molar-refractivity contribution in [1.29, 1.82) is 0 Å². The molecule has 1 amide bonds. The molecule has 2 saturated carbocycles. The summed E-state index contributed by atoms with van der Waals surface area (Å²) in [6, 6.07) is 4.51. The topological polar surface area (TPSA) is 46.9 Å². The third-order valence-electron chi connectivity index (χ3n) is 6.37. The van der Waals surface area contributed by atoms with Gasteiger partial charge in [0, 0.05) is 6.04 Å². The van der Waals surface area contributed by atoms with Crippen molar-refractivity contribution in [2.24, 2.45) is 17.8 Å². The summed E-state index contributed by atoms with van der Waals surface area (Å²) in [4.78, 5) is 17.0. The summed E-state index contributed by atoms with van der Waals surface area (Å²) in [5.41, 5.74) is 4.48. The number of aryl methyl sites for hydroxylation is 2. The van der Waals surface area contributed by atoms with E-state index in [1.165, 1.54) is 36.8 Å². The van der Waals surface area contributed by atoms with Gasteiger partial charge in [0.05, 0.1) is 17.4 Å². The van der Waals surface area contributed by atoms with Crippen LogP contribution >= 0.6 is 0 Å². The van der Waals surface area contributed by atoms with Crippen LogP contribution in [-0.2, 0) is 11.3 Å². The maximum atomic E-state index is 12.5. The molecule has 0 aliphatic heterocycles. The van der Waals surface area contributed by atoms with Gasteiger partial charge in [0.25, 0.3) is 0 Å². The maximum Gasteiger partial charge on any atom is 0.240 e. The molecule has 4 nitrogen and oxygen atoms in total. The van der Waals surface area contributed by atoms with Gasteiger partial charge in [-0.1, -0.05) is 6.42 Å². The second-order valence-corrected chi connectivity index (χ2v) is 7.99. The van der Waals surface area contributed by atoms with Crippen molar-refractivity contribution in [1.82, 2.24) is 14.9 Å². The van der Waals surface area contributed by atoms with E-state index in [4.69, 9.17) is 0 Å². The first-order valence-electron chi connectivity index (χ1n) is 9.22. The molecule has 1 N–H and O–H groups in total. The molecule has 4 heteroatoms. The Kier molecular flexibility index (Phi) is 3.86. The van der Waals surface area contributed by atoms with Gasteiger partial charge in [-0.25, -0.2) is 4.98 Å². The SMILES string of the molecule is Cc1cc2ncn(CC(=O)N[C@H](C)[C@H]3C[C@H]4CC[C@H]3C4)c2cc1C. The van der Waals surface area contributed by atoms with Crippen LogP contribution in [-0.4, -0.2) is 21.5 Å². The Morgan fingerprint density at radius 3 is 2.79 bits per heavy atom. The fraction of sp³-hybridized carbons (Fsp3) is 0.600. The van der Waals surface area contributed by atoms with E-state index < -0.39 is 0 Å². The van der Waals surface area contributed by atoms with Crippen LogP contribution in [0.4, 0.5) is 0 Å². The monoisotopic (exact) mass is 325 g/mol. The molecule has 24 heavy (non-hydrogen) atoms. The highest BCUT2D eigenvalue weighted by atomic mass is 16.2. The van der Waals surface area contributed by atoms with E-state index in [-0.39, 0.29) is 11.9 Å². The molecule has 128 valence electrons. The lowest BCUT2D eigenvalue weighted by molar-refractivity contribution is -0.122. The molecule has 1 aromatic carbocycles. The minimum absolute atomic E-state index is 0.0998. The molecule has 1 aromatic heterocycles. The van der Waals surface area contributed by atoms with Crippen LogP contribution in [0.25, 0.3) is 11.0 Å². The van der Waals surface area contributed by atoms with Gasteiger partial charge in [-0.05, 0) is 81.0 Å². The third-order valence-corrected chi connectivity index (χ3v) is 6.37. The molecule has 2 bridgehead atoms. The standard InChI is InChI=1S/C20H27N3O/c1-12-6-18-19(7-13(12)2)23(11-21-18)10-20(24)22-14(3)17-9-15-4-5-16(17)8-15/h6-7,11,14-17H,4-5,8-10H2,1-3H3,(H,22,24)/t14-,15+,16+,17-/m1/s1. The number of carbonyl (C=O) groups excluding carboxylic acids is 1. The van der Waals surface area contributed by atoms with Crippen LogP contribution < -0.4 is 5.32 Å². The lowest BCUT2D eigenvalue weighted by atomic mass is 9.84. The number of nitrogens with zero attached hydrogens (tertiary/aromatic N) is 2. The minimum Gasteiger partial charge on any atom is -0.352 e. The van der Waals surface area contributed by atoms with E-state index in [1.54, 1.807) is 6.33 Å². The summed E-state index contributed by atoms with van der Waals surface area (Å²) in [7, 11) is 0. The van der Waals surface area contributed by atoms with Crippen LogP contribution in [0.2, 0.25) is 0 Å². The fourth-order valence-corrected chi connectivity index (χ4v) is 4.91. The predicted molar refractivity (Wildman–Crippen MR) is 95.7 cm³/mol. The Labute approximate surface area is 143 Å². The normalized spacial score (nSPS) is 26.9. The van der Waals surface area contributed by atoms with E-state index in [9.17, 15) is 4.79 Å². The molecular weight excluding hydrogens is 298 g/mol. The summed E-state index contributed by atoms with van der Waals surface area (Å²) >= 11 is 0. The van der Waals surface area contributed by atoms with Crippen molar-refractivity contribution >= 4 is 16.9 Å². The number of nitrogens with one attached hydrogen (secondary N) is 1. The van der Waals surface area contributed by atoms with Crippen molar-refractivity contribution in [3.63, 3.8) is 0 Å². The zero-order chi connectivity index (χ0) is 16.8. The summed E-state index contributed by atoms with van der Waals surface area (Å²) in [6.07, 6.45) is 7.24. The largest absolute Gasteiger partial charge is 0.352 e. The minimum atomic E-state index is 0.0998. The second-order valence-electron chi connectivity index (χ2n) is 7.99. The van der Waals surface area contributed by atoms with Crippen molar-refractivity contribution in [3.8, 4) is 0 Å². The van der Waals surface area contributed by atoms with Gasteiger partial charge in [-0.15, -0.1) is 0 Å². The number of aromatic nitrogens is 2. The lowest BCUT2D eigenvalue weighted by Crippen LogP contribution is -2.41. The van der Waals surface area contributed by atoms with Gasteiger partial charge >= 0.3 is 0 Å². The number of imidazole rings is 1. The lowest BCUT2D eigenvalue weighted by Gasteiger charge is -2.28. The van der Waals surface area contributed by atoms with Crippen molar-refractivity contribution in [3.05, 3.63) is 29.6 Å². The number of hydrogen-bond acceptors (Lipinski definition) is 2. The first kappa shape index (κ1) is 15.7. The molecule has 2 aliphatic carbocycles. The number of rotatable bonds is 4. The molecule has 0 saturated heterocycles. The molecule has 4 rings (SSSR count). The average molecular weight is 325 g/mol. The molecule has 2 aromatic rings. The van der Waals surface area contributed by atoms with Gasteiger partial charge in [-0.2, -0.15) is 0 Å². The summed E-state index contributed by atoms with van der Waals surface area (Å²) in [6.45, 7) is 6.73. The second kappa shape index (κ2) is 5.91. The molecule has 2 aliphatic rings. The number of fused-ring (bicyclic) bond motifs is 3. The van der Waals surface area contributed by atoms with Gasteiger partial charge in [0.1, 0.15) is 6.54 Å². The Balaban J connectivity index is 1.43. The number of hydrogen-bond donors (Lipinski definition) is 1. The Hall–Kier alpha value is -1.84. The summed E-state index contributed by atoms with van der Waals surface area (Å²) < 4.78 is 1.96. The molecular formula is C20H27N3O. The number of carbonyl (C=O) groups is 1. The van der Waals surface area contributed by atoms with E-state index in [2.05, 4.69) is 43.2 Å². The maximum absolute atomic E-state index is 12.5. The smallest absolute Gasteiger partial charge is 0.240 e. The molecule has 1 heterocycles. The van der Waals surface area contributed by atoms with Crippen LogP contribution in [0, 0.1) is 31.6 Å². The van der Waals surface area contributed by atoms with Gasteiger partial charge in [0.15, 0.2) is 0 Å². The van der Waals surface area contributed by atoms with Crippen molar-refractivity contribution in [2.45, 2.75) is 59.0 Å². The molecule has 0 spiro atoms. The first-order chi connectivity index (χ1) is 11.5. The zero-order valence-corrected chi connectivity index (χ0v) is 14.9. The molecule has 2 fully saturated rings. The van der Waals surface area contributed by atoms with Crippen LogP contribution in [0.5, 0.6) is 0 Å². The Morgan fingerprint density at radius 2 is 2.08 bits per heavy atom. The van der Waals surface area contributed by atoms with Crippen molar-refractivity contribution < 1.29 is 4.79 Å². The summed E-state index contributed by atoms with van der Waals surface area (Å²) in [5, 5.41) is 3.25. The molecule has 0 unspecified atom stereocenters. The quantitative estimate of drug-likeness (QED) is 0.934. The highest BCUT2D eigenvalue weighted by molar-refractivity contribution is 5.81. The zero-order valence-electron chi connectivity index (χ0n) is 14.9. The third kappa shape index (κ3) is 2.72. The predicted octanol–water partition coefficient (Wildman–Crippen LogP) is 3.59. The van der Waals surface area contributed by atoms with Gasteiger partial charge in [-0.3, -0.25) is 4.79 Å². The average Bonchev–Trinajstić information content (AvgIpc) is 3.25. The highest BCUT2D eigenvalue weighted by Crippen LogP contribution is 2.49. The molecule has 0 radical (unpaired) electrons. The highest BCUT2D eigenvalue weighted by Gasteiger charge is 2.42. The Morgan fingerprint density at radius 1 is 1.29 bits per heavy atom. The van der Waals surface area contributed by atoms with E-state index in [0.29, 0.717) is 12.5 Å². The van der Waals surface area contributed by atoms with Crippen LogP contribution in [0.15, 0.2) is 18.5 Å². The van der Waals surface area contributed by atoms with Crippen LogP contribution in [0.1, 0.15) is 43.7 Å². The first-order valence-corrected chi connectivity index (χ1v) is 9.22. The van der Waals surface area contributed by atoms with E-state index >= 15 is 0 Å². The van der Waals surface area contributed by atoms with Gasteiger partial charge in [0.2, 0.25) is 5.91 Å². The Bertz CT molecular complexity index is 779. The van der Waals surface area contributed by atoms with Crippen molar-refractivity contribution in [2.75, 3.05) is 0 Å².